The first-order valence-electron chi connectivity index (χ1n) is 7.83. The maximum Gasteiger partial charge on any atom is 0.232 e. The molecule has 1 saturated carbocycles. The van der Waals surface area contributed by atoms with Crippen molar-refractivity contribution in [2.75, 3.05) is 11.9 Å². The summed E-state index contributed by atoms with van der Waals surface area (Å²) in [4.78, 5) is 24.4. The zero-order valence-electron chi connectivity index (χ0n) is 12.8. The van der Waals surface area contributed by atoms with E-state index in [1.165, 1.54) is 0 Å². The number of aliphatic hydroxyl groups excluding tert-OH is 1. The number of carbonyl (C=O) groups excluding carboxylic acids is 2. The first-order valence-corrected chi connectivity index (χ1v) is 7.83. The van der Waals surface area contributed by atoms with Crippen LogP contribution in [-0.4, -0.2) is 29.6 Å². The SMILES string of the molecule is CC1(CO)CCCC1NC(=O)CC1C(=O)Nc2ccccc21. The van der Waals surface area contributed by atoms with E-state index >= 15 is 0 Å². The molecule has 0 bridgehead atoms. The number of anilines is 1. The molecule has 0 saturated heterocycles. The standard InChI is InChI=1S/C17H22N2O3/c1-17(10-20)8-4-7-14(17)19-15(21)9-12-11-5-2-3-6-13(11)18-16(12)22/h2-3,5-6,12,14,20H,4,7-10H2,1H3,(H,18,22)(H,19,21). The molecule has 0 radical (unpaired) electrons. The van der Waals surface area contributed by atoms with Crippen molar-refractivity contribution in [2.45, 2.75) is 44.6 Å². The summed E-state index contributed by atoms with van der Waals surface area (Å²) in [5.74, 6) is -0.658. The Balaban J connectivity index is 1.67. The molecule has 1 fully saturated rings. The van der Waals surface area contributed by atoms with Gasteiger partial charge in [-0.3, -0.25) is 9.59 Å². The molecule has 2 aliphatic rings. The fourth-order valence-electron chi connectivity index (χ4n) is 3.59. The van der Waals surface area contributed by atoms with Crippen molar-refractivity contribution in [3.63, 3.8) is 0 Å². The van der Waals surface area contributed by atoms with Crippen LogP contribution >= 0.6 is 0 Å². The fraction of sp³-hybridized carbons (Fsp3) is 0.529. The Hall–Kier alpha value is -1.88. The van der Waals surface area contributed by atoms with E-state index in [0.717, 1.165) is 30.5 Å². The molecule has 3 N–H and O–H groups in total. The van der Waals surface area contributed by atoms with Crippen LogP contribution in [0.3, 0.4) is 0 Å². The van der Waals surface area contributed by atoms with E-state index in [2.05, 4.69) is 10.6 Å². The summed E-state index contributed by atoms with van der Waals surface area (Å²) in [6.45, 7) is 2.08. The number of hydrogen-bond acceptors (Lipinski definition) is 3. The van der Waals surface area contributed by atoms with E-state index in [0.29, 0.717) is 0 Å². The summed E-state index contributed by atoms with van der Waals surface area (Å²) >= 11 is 0. The lowest BCUT2D eigenvalue weighted by atomic mass is 9.85. The Morgan fingerprint density at radius 3 is 3.00 bits per heavy atom. The molecule has 2 amide bonds. The number of nitrogens with one attached hydrogen (secondary N) is 2. The highest BCUT2D eigenvalue weighted by Gasteiger charge is 2.40. The highest BCUT2D eigenvalue weighted by molar-refractivity contribution is 6.04. The zero-order chi connectivity index (χ0) is 15.7. The molecule has 0 spiro atoms. The lowest BCUT2D eigenvalue weighted by molar-refractivity contribution is -0.126. The van der Waals surface area contributed by atoms with Crippen molar-refractivity contribution in [1.29, 1.82) is 0 Å². The average molecular weight is 302 g/mol. The Morgan fingerprint density at radius 1 is 1.45 bits per heavy atom. The van der Waals surface area contributed by atoms with Gasteiger partial charge >= 0.3 is 0 Å². The fourth-order valence-corrected chi connectivity index (χ4v) is 3.59. The molecule has 1 heterocycles. The molecule has 1 aromatic carbocycles. The molecule has 3 atom stereocenters. The summed E-state index contributed by atoms with van der Waals surface area (Å²) in [5, 5.41) is 15.4. The third-order valence-corrected chi connectivity index (χ3v) is 5.08. The number of benzene rings is 1. The molecule has 5 nitrogen and oxygen atoms in total. The van der Waals surface area contributed by atoms with E-state index in [9.17, 15) is 14.7 Å². The van der Waals surface area contributed by atoms with Gasteiger partial charge in [-0.05, 0) is 24.5 Å². The second-order valence-electron chi connectivity index (χ2n) is 6.66. The zero-order valence-corrected chi connectivity index (χ0v) is 12.8. The lowest BCUT2D eigenvalue weighted by Crippen LogP contribution is -2.45. The minimum Gasteiger partial charge on any atom is -0.396 e. The van der Waals surface area contributed by atoms with Gasteiger partial charge in [-0.2, -0.15) is 0 Å². The van der Waals surface area contributed by atoms with Crippen LogP contribution in [0, 0.1) is 5.41 Å². The van der Waals surface area contributed by atoms with Gasteiger partial charge in [0.2, 0.25) is 11.8 Å². The maximum absolute atomic E-state index is 12.3. The Morgan fingerprint density at radius 2 is 2.23 bits per heavy atom. The molecular weight excluding hydrogens is 280 g/mol. The Bertz CT molecular complexity index is 601. The van der Waals surface area contributed by atoms with Crippen molar-refractivity contribution < 1.29 is 14.7 Å². The van der Waals surface area contributed by atoms with E-state index in [1.807, 2.05) is 31.2 Å². The molecule has 118 valence electrons. The molecule has 5 heteroatoms. The number of hydrogen-bond donors (Lipinski definition) is 3. The number of carbonyl (C=O) groups is 2. The number of rotatable bonds is 4. The van der Waals surface area contributed by atoms with Crippen molar-refractivity contribution in [3.8, 4) is 0 Å². The molecule has 1 aromatic rings. The summed E-state index contributed by atoms with van der Waals surface area (Å²) < 4.78 is 0. The molecule has 22 heavy (non-hydrogen) atoms. The van der Waals surface area contributed by atoms with Crippen molar-refractivity contribution >= 4 is 17.5 Å². The van der Waals surface area contributed by atoms with E-state index in [-0.39, 0.29) is 36.3 Å². The van der Waals surface area contributed by atoms with Gasteiger partial charge in [0.05, 0.1) is 12.5 Å². The second-order valence-corrected chi connectivity index (χ2v) is 6.66. The van der Waals surface area contributed by atoms with Crippen LogP contribution in [-0.2, 0) is 9.59 Å². The summed E-state index contributed by atoms with van der Waals surface area (Å²) in [5.41, 5.74) is 1.44. The first kappa shape index (κ1) is 15.0. The highest BCUT2D eigenvalue weighted by atomic mass is 16.3. The van der Waals surface area contributed by atoms with Gasteiger partial charge in [0.25, 0.3) is 0 Å². The summed E-state index contributed by atoms with van der Waals surface area (Å²) in [7, 11) is 0. The smallest absolute Gasteiger partial charge is 0.232 e. The Kier molecular flexibility index (Phi) is 3.91. The highest BCUT2D eigenvalue weighted by Crippen LogP contribution is 2.38. The van der Waals surface area contributed by atoms with Crippen LogP contribution < -0.4 is 10.6 Å². The van der Waals surface area contributed by atoms with Gasteiger partial charge in [0.1, 0.15) is 0 Å². The minimum absolute atomic E-state index is 0.00953. The number of fused-ring (bicyclic) bond motifs is 1. The van der Waals surface area contributed by atoms with Gasteiger partial charge in [-0.1, -0.05) is 31.5 Å². The van der Waals surface area contributed by atoms with Crippen molar-refractivity contribution in [3.05, 3.63) is 29.8 Å². The Labute approximate surface area is 130 Å². The number of aliphatic hydroxyl groups is 1. The predicted octanol–water partition coefficient (Wildman–Crippen LogP) is 1.78. The molecule has 1 aliphatic heterocycles. The van der Waals surface area contributed by atoms with Crippen LogP contribution in [0.15, 0.2) is 24.3 Å². The van der Waals surface area contributed by atoms with Crippen LogP contribution in [0.5, 0.6) is 0 Å². The normalized spacial score (nSPS) is 30.0. The lowest BCUT2D eigenvalue weighted by Gasteiger charge is -2.30. The number of amides is 2. The van der Waals surface area contributed by atoms with E-state index in [4.69, 9.17) is 0 Å². The quantitative estimate of drug-likeness (QED) is 0.793. The van der Waals surface area contributed by atoms with Crippen molar-refractivity contribution in [2.24, 2.45) is 5.41 Å². The monoisotopic (exact) mass is 302 g/mol. The third-order valence-electron chi connectivity index (χ3n) is 5.08. The molecule has 3 rings (SSSR count). The minimum atomic E-state index is -0.419. The molecule has 3 unspecified atom stereocenters. The largest absolute Gasteiger partial charge is 0.396 e. The maximum atomic E-state index is 12.3. The summed E-state index contributed by atoms with van der Waals surface area (Å²) in [6, 6.07) is 7.48. The van der Waals surface area contributed by atoms with Crippen molar-refractivity contribution in [1.82, 2.24) is 5.32 Å². The van der Waals surface area contributed by atoms with E-state index in [1.54, 1.807) is 0 Å². The van der Waals surface area contributed by atoms with Gasteiger partial charge < -0.3 is 15.7 Å². The summed E-state index contributed by atoms with van der Waals surface area (Å²) in [6.07, 6.45) is 2.97. The van der Waals surface area contributed by atoms with Crippen LogP contribution in [0.1, 0.15) is 44.1 Å². The third kappa shape index (κ3) is 2.61. The first-order chi connectivity index (χ1) is 10.5. The van der Waals surface area contributed by atoms with Crippen LogP contribution in [0.25, 0.3) is 0 Å². The molecule has 1 aliphatic carbocycles. The van der Waals surface area contributed by atoms with Gasteiger partial charge in [-0.25, -0.2) is 0 Å². The molecular formula is C17H22N2O3. The van der Waals surface area contributed by atoms with Gasteiger partial charge in [0, 0.05) is 23.6 Å². The molecule has 0 aromatic heterocycles. The van der Waals surface area contributed by atoms with Gasteiger partial charge in [-0.15, -0.1) is 0 Å². The van der Waals surface area contributed by atoms with E-state index < -0.39 is 5.92 Å². The van der Waals surface area contributed by atoms with Crippen LogP contribution in [0.4, 0.5) is 5.69 Å². The second kappa shape index (κ2) is 5.72. The number of para-hydroxylation sites is 1. The average Bonchev–Trinajstić information content (AvgIpc) is 3.01. The van der Waals surface area contributed by atoms with Gasteiger partial charge in [0.15, 0.2) is 0 Å². The predicted molar refractivity (Wildman–Crippen MR) is 83.4 cm³/mol. The van der Waals surface area contributed by atoms with Crippen LogP contribution in [0.2, 0.25) is 0 Å². The topological polar surface area (TPSA) is 78.4 Å².